The smallest absolute Gasteiger partial charge is 0.183 e. The highest BCUT2D eigenvalue weighted by atomic mass is 19.2. The van der Waals surface area contributed by atoms with Crippen molar-refractivity contribution >= 4 is 10.8 Å². The first-order valence-electron chi connectivity index (χ1n) is 9.47. The summed E-state index contributed by atoms with van der Waals surface area (Å²) in [4.78, 5) is 0. The number of ether oxygens (including phenoxy) is 2. The van der Waals surface area contributed by atoms with Crippen LogP contribution >= 0.6 is 0 Å². The normalized spacial score (nSPS) is 19.0. The number of fused-ring (bicyclic) bond motifs is 1. The van der Waals surface area contributed by atoms with E-state index >= 15 is 0 Å². The number of hydrogen-bond acceptors (Lipinski definition) is 2. The minimum Gasteiger partial charge on any atom is -0.348 e. The fraction of sp³-hybridized carbons (Fsp3) is 0.250. The molecule has 0 unspecified atom stereocenters. The van der Waals surface area contributed by atoms with E-state index in [1.165, 1.54) is 18.2 Å². The van der Waals surface area contributed by atoms with E-state index < -0.39 is 23.7 Å². The summed E-state index contributed by atoms with van der Waals surface area (Å²) < 4.78 is 52.9. The Hall–Kier alpha value is -2.81. The van der Waals surface area contributed by atoms with Gasteiger partial charge in [0.25, 0.3) is 0 Å². The lowest BCUT2D eigenvalue weighted by Crippen LogP contribution is -2.26. The Morgan fingerprint density at radius 3 is 2.41 bits per heavy atom. The van der Waals surface area contributed by atoms with E-state index in [4.69, 9.17) is 9.47 Å². The quantitative estimate of drug-likeness (QED) is 0.515. The van der Waals surface area contributed by atoms with Gasteiger partial charge >= 0.3 is 0 Å². The molecule has 3 aromatic carbocycles. The first-order chi connectivity index (χ1) is 14.0. The molecule has 0 bridgehead atoms. The maximum atomic E-state index is 14.5. The van der Waals surface area contributed by atoms with Gasteiger partial charge in [-0.3, -0.25) is 0 Å². The second-order valence-electron chi connectivity index (χ2n) is 7.06. The molecule has 1 saturated heterocycles. The van der Waals surface area contributed by atoms with Crippen molar-refractivity contribution < 1.29 is 22.6 Å². The van der Waals surface area contributed by atoms with Crippen molar-refractivity contribution in [2.24, 2.45) is 5.92 Å². The van der Waals surface area contributed by atoms with Gasteiger partial charge in [-0.05, 0) is 42.1 Å². The Morgan fingerprint density at radius 1 is 0.897 bits per heavy atom. The molecule has 0 aromatic heterocycles. The van der Waals surface area contributed by atoms with Crippen molar-refractivity contribution in [3.05, 3.63) is 82.7 Å². The summed E-state index contributed by atoms with van der Waals surface area (Å²) >= 11 is 0. The fourth-order valence-corrected chi connectivity index (χ4v) is 3.23. The summed E-state index contributed by atoms with van der Waals surface area (Å²) in [6, 6.07) is 12.0. The first kappa shape index (κ1) is 19.5. The largest absolute Gasteiger partial charge is 0.348 e. The minimum absolute atomic E-state index is 0.184. The van der Waals surface area contributed by atoms with E-state index in [1.807, 2.05) is 0 Å². The highest BCUT2D eigenvalue weighted by molar-refractivity contribution is 5.84. The maximum absolute atomic E-state index is 14.5. The average molecular weight is 396 g/mol. The van der Waals surface area contributed by atoms with Gasteiger partial charge in [-0.25, -0.2) is 13.2 Å². The zero-order valence-electron chi connectivity index (χ0n) is 15.8. The number of halogens is 3. The van der Waals surface area contributed by atoms with Crippen LogP contribution in [-0.4, -0.2) is 13.2 Å². The molecule has 4 rings (SSSR count). The molecule has 5 heteroatoms. The molecule has 1 heterocycles. The van der Waals surface area contributed by atoms with Gasteiger partial charge in [-0.1, -0.05) is 37.0 Å². The molecule has 29 heavy (non-hydrogen) atoms. The molecular formula is C24H19F3O2. The van der Waals surface area contributed by atoms with Gasteiger partial charge in [0.1, 0.15) is 5.82 Å². The van der Waals surface area contributed by atoms with Crippen molar-refractivity contribution in [2.45, 2.75) is 19.6 Å². The van der Waals surface area contributed by atoms with E-state index in [0.717, 1.165) is 12.5 Å². The standard InChI is InChI=1S/C24H19F3O2/c1-2-15-13-28-24(29-14-15)19-7-6-17(22(26)12-19)5-3-16-4-9-20-18(11-16)8-10-21(25)23(20)27/h4,6-12,15,24H,2,13-14H2,1H3. The van der Waals surface area contributed by atoms with Crippen LogP contribution in [0.2, 0.25) is 0 Å². The van der Waals surface area contributed by atoms with Crippen molar-refractivity contribution in [1.29, 1.82) is 0 Å². The Morgan fingerprint density at radius 2 is 1.69 bits per heavy atom. The molecule has 0 radical (unpaired) electrons. The van der Waals surface area contributed by atoms with E-state index in [2.05, 4.69) is 18.8 Å². The third-order valence-corrected chi connectivity index (χ3v) is 5.06. The molecule has 0 saturated carbocycles. The second-order valence-corrected chi connectivity index (χ2v) is 7.06. The van der Waals surface area contributed by atoms with Gasteiger partial charge in [0.2, 0.25) is 0 Å². The third-order valence-electron chi connectivity index (χ3n) is 5.06. The topological polar surface area (TPSA) is 18.5 Å². The van der Waals surface area contributed by atoms with Crippen LogP contribution in [0.3, 0.4) is 0 Å². The lowest BCUT2D eigenvalue weighted by atomic mass is 10.1. The molecule has 0 atom stereocenters. The van der Waals surface area contributed by atoms with Gasteiger partial charge in [0.15, 0.2) is 17.9 Å². The third kappa shape index (κ3) is 4.14. The van der Waals surface area contributed by atoms with Gasteiger partial charge in [-0.2, -0.15) is 0 Å². The Labute approximate surface area is 167 Å². The highest BCUT2D eigenvalue weighted by Gasteiger charge is 2.23. The van der Waals surface area contributed by atoms with Crippen LogP contribution in [-0.2, 0) is 9.47 Å². The van der Waals surface area contributed by atoms with Gasteiger partial charge in [0, 0.05) is 22.4 Å². The molecule has 0 amide bonds. The van der Waals surface area contributed by atoms with Crippen LogP contribution in [0.5, 0.6) is 0 Å². The van der Waals surface area contributed by atoms with Crippen molar-refractivity contribution in [3.63, 3.8) is 0 Å². The van der Waals surface area contributed by atoms with E-state index in [1.54, 1.807) is 24.3 Å². The summed E-state index contributed by atoms with van der Waals surface area (Å²) in [5.41, 5.74) is 1.43. The lowest BCUT2D eigenvalue weighted by Gasteiger charge is -2.29. The average Bonchev–Trinajstić information content (AvgIpc) is 2.75. The SMILES string of the molecule is CCC1COC(c2ccc(C#Cc3ccc4c(F)c(F)ccc4c3)c(F)c2)OC1. The maximum Gasteiger partial charge on any atom is 0.183 e. The van der Waals surface area contributed by atoms with Crippen LogP contribution in [0, 0.1) is 35.2 Å². The first-order valence-corrected chi connectivity index (χ1v) is 9.47. The summed E-state index contributed by atoms with van der Waals surface area (Å²) in [5, 5.41) is 0.715. The molecule has 2 nitrogen and oxygen atoms in total. The Bertz CT molecular complexity index is 1110. The van der Waals surface area contributed by atoms with Crippen LogP contribution in [0.25, 0.3) is 10.8 Å². The zero-order chi connectivity index (χ0) is 20.4. The summed E-state index contributed by atoms with van der Waals surface area (Å²) in [7, 11) is 0. The predicted molar refractivity (Wildman–Crippen MR) is 105 cm³/mol. The molecule has 1 aliphatic rings. The molecule has 0 spiro atoms. The van der Waals surface area contributed by atoms with Crippen molar-refractivity contribution in [3.8, 4) is 11.8 Å². The van der Waals surface area contributed by atoms with Crippen LogP contribution in [0.15, 0.2) is 48.5 Å². The van der Waals surface area contributed by atoms with Crippen molar-refractivity contribution in [1.82, 2.24) is 0 Å². The molecule has 1 aliphatic heterocycles. The molecule has 148 valence electrons. The molecule has 3 aromatic rings. The fourth-order valence-electron chi connectivity index (χ4n) is 3.23. The van der Waals surface area contributed by atoms with E-state index in [9.17, 15) is 13.2 Å². The second kappa shape index (κ2) is 8.28. The van der Waals surface area contributed by atoms with Crippen molar-refractivity contribution in [2.75, 3.05) is 13.2 Å². The molecule has 1 fully saturated rings. The Balaban J connectivity index is 1.54. The number of rotatable bonds is 2. The Kier molecular flexibility index (Phi) is 5.57. The monoisotopic (exact) mass is 396 g/mol. The summed E-state index contributed by atoms with van der Waals surface area (Å²) in [5.74, 6) is 3.79. The van der Waals surface area contributed by atoms with Gasteiger partial charge in [0.05, 0.1) is 18.8 Å². The molecule has 0 aliphatic carbocycles. The van der Waals surface area contributed by atoms with Gasteiger partial charge < -0.3 is 9.47 Å². The summed E-state index contributed by atoms with van der Waals surface area (Å²) in [6.45, 7) is 3.27. The number of hydrogen-bond donors (Lipinski definition) is 0. The summed E-state index contributed by atoms with van der Waals surface area (Å²) in [6.07, 6.45) is 0.413. The predicted octanol–water partition coefficient (Wildman–Crippen LogP) is 5.73. The van der Waals surface area contributed by atoms with Crippen LogP contribution in [0.1, 0.15) is 36.3 Å². The zero-order valence-corrected chi connectivity index (χ0v) is 15.8. The van der Waals surface area contributed by atoms with Crippen LogP contribution in [0.4, 0.5) is 13.2 Å². The molecular weight excluding hydrogens is 377 g/mol. The van der Waals surface area contributed by atoms with E-state index in [-0.39, 0.29) is 10.9 Å². The van der Waals surface area contributed by atoms with Crippen LogP contribution < -0.4 is 0 Å². The van der Waals surface area contributed by atoms with E-state index in [0.29, 0.717) is 35.6 Å². The minimum atomic E-state index is -0.894. The molecule has 0 N–H and O–H groups in total. The lowest BCUT2D eigenvalue weighted by molar-refractivity contribution is -0.205. The van der Waals surface area contributed by atoms with Gasteiger partial charge in [-0.15, -0.1) is 0 Å². The number of benzene rings is 3. The highest BCUT2D eigenvalue weighted by Crippen LogP contribution is 2.27.